The van der Waals surface area contributed by atoms with Crippen molar-refractivity contribution in [3.63, 3.8) is 0 Å². The lowest BCUT2D eigenvalue weighted by Crippen LogP contribution is -2.30. The van der Waals surface area contributed by atoms with E-state index in [0.29, 0.717) is 0 Å². The number of fused-ring (bicyclic) bond motifs is 1. The molecule has 0 atom stereocenters. The second kappa shape index (κ2) is 7.12. The first-order valence-corrected chi connectivity index (χ1v) is 8.85. The average Bonchev–Trinajstić information content (AvgIpc) is 2.68. The minimum absolute atomic E-state index is 0.909. The molecule has 0 fully saturated rings. The fourth-order valence-electron chi connectivity index (χ4n) is 3.67. The Morgan fingerprint density at radius 3 is 2.60 bits per heavy atom. The van der Waals surface area contributed by atoms with Crippen molar-refractivity contribution in [3.8, 4) is 16.9 Å². The Kier molecular flexibility index (Phi) is 4.53. The Labute approximate surface area is 149 Å². The molecule has 0 unspecified atom stereocenters. The molecule has 1 aliphatic rings. The van der Waals surface area contributed by atoms with Gasteiger partial charge in [0.25, 0.3) is 0 Å². The molecule has 2 heteroatoms. The van der Waals surface area contributed by atoms with Crippen molar-refractivity contribution in [2.45, 2.75) is 19.5 Å². The van der Waals surface area contributed by atoms with Gasteiger partial charge in [0.05, 0.1) is 7.11 Å². The lowest BCUT2D eigenvalue weighted by molar-refractivity contribution is 0.246. The summed E-state index contributed by atoms with van der Waals surface area (Å²) in [5.74, 6) is 0.909. The Morgan fingerprint density at radius 1 is 0.920 bits per heavy atom. The molecule has 0 radical (unpaired) electrons. The third kappa shape index (κ3) is 3.45. The quantitative estimate of drug-likeness (QED) is 0.673. The zero-order valence-electron chi connectivity index (χ0n) is 14.6. The van der Waals surface area contributed by atoms with E-state index in [-0.39, 0.29) is 0 Å². The molecule has 3 aromatic rings. The Morgan fingerprint density at radius 2 is 1.76 bits per heavy atom. The molecule has 25 heavy (non-hydrogen) atoms. The standard InChI is InChI=1S/C23H23NO/c1-25-21-11-5-10-20(15-21)22-12-6-9-19-13-14-24(17-23(19)22)16-18-7-3-2-4-8-18/h2-12,15H,13-14,16-17H2,1H3. The number of hydrogen-bond acceptors (Lipinski definition) is 2. The molecule has 0 N–H and O–H groups in total. The van der Waals surface area contributed by atoms with Gasteiger partial charge in [-0.15, -0.1) is 0 Å². The van der Waals surface area contributed by atoms with E-state index in [9.17, 15) is 0 Å². The molecule has 0 amide bonds. The van der Waals surface area contributed by atoms with Crippen LogP contribution in [0.2, 0.25) is 0 Å². The maximum Gasteiger partial charge on any atom is 0.119 e. The van der Waals surface area contributed by atoms with Crippen LogP contribution in [0.1, 0.15) is 16.7 Å². The molecule has 126 valence electrons. The van der Waals surface area contributed by atoms with Crippen LogP contribution in [0.4, 0.5) is 0 Å². The number of nitrogens with zero attached hydrogens (tertiary/aromatic N) is 1. The Bertz CT molecular complexity index is 857. The monoisotopic (exact) mass is 329 g/mol. The second-order valence-electron chi connectivity index (χ2n) is 6.62. The number of benzene rings is 3. The third-order valence-corrected chi connectivity index (χ3v) is 4.98. The minimum Gasteiger partial charge on any atom is -0.497 e. The number of hydrogen-bond donors (Lipinski definition) is 0. The highest BCUT2D eigenvalue weighted by atomic mass is 16.5. The summed E-state index contributed by atoms with van der Waals surface area (Å²) < 4.78 is 5.41. The van der Waals surface area contributed by atoms with Crippen molar-refractivity contribution in [1.82, 2.24) is 4.90 Å². The van der Waals surface area contributed by atoms with Gasteiger partial charge >= 0.3 is 0 Å². The number of ether oxygens (including phenoxy) is 1. The fourth-order valence-corrected chi connectivity index (χ4v) is 3.67. The van der Waals surface area contributed by atoms with E-state index in [1.807, 2.05) is 6.07 Å². The molecule has 2 nitrogen and oxygen atoms in total. The summed E-state index contributed by atoms with van der Waals surface area (Å²) in [6, 6.07) is 25.8. The zero-order chi connectivity index (χ0) is 17.1. The van der Waals surface area contributed by atoms with E-state index in [4.69, 9.17) is 4.74 Å². The largest absolute Gasteiger partial charge is 0.497 e. The highest BCUT2D eigenvalue weighted by molar-refractivity contribution is 5.70. The van der Waals surface area contributed by atoms with Gasteiger partial charge in [0.2, 0.25) is 0 Å². The van der Waals surface area contributed by atoms with Gasteiger partial charge in [-0.3, -0.25) is 4.90 Å². The highest BCUT2D eigenvalue weighted by Crippen LogP contribution is 2.32. The molecule has 0 saturated heterocycles. The summed E-state index contributed by atoms with van der Waals surface area (Å²) in [7, 11) is 1.72. The van der Waals surface area contributed by atoms with Crippen molar-refractivity contribution in [3.05, 3.63) is 89.5 Å². The van der Waals surface area contributed by atoms with E-state index in [1.165, 1.54) is 27.8 Å². The van der Waals surface area contributed by atoms with Crippen molar-refractivity contribution < 1.29 is 4.74 Å². The van der Waals surface area contributed by atoms with Gasteiger partial charge in [-0.2, -0.15) is 0 Å². The van der Waals surface area contributed by atoms with Gasteiger partial charge in [-0.1, -0.05) is 60.7 Å². The Hall–Kier alpha value is -2.58. The molecule has 0 spiro atoms. The highest BCUT2D eigenvalue weighted by Gasteiger charge is 2.19. The average molecular weight is 329 g/mol. The van der Waals surface area contributed by atoms with Crippen LogP contribution in [-0.4, -0.2) is 18.6 Å². The van der Waals surface area contributed by atoms with E-state index in [2.05, 4.69) is 71.6 Å². The van der Waals surface area contributed by atoms with E-state index >= 15 is 0 Å². The van der Waals surface area contributed by atoms with E-state index in [0.717, 1.165) is 31.8 Å². The van der Waals surface area contributed by atoms with Crippen LogP contribution in [0, 0.1) is 0 Å². The summed E-state index contributed by atoms with van der Waals surface area (Å²) >= 11 is 0. The van der Waals surface area contributed by atoms with Crippen molar-refractivity contribution in [2.75, 3.05) is 13.7 Å². The van der Waals surface area contributed by atoms with Gasteiger partial charge in [0, 0.05) is 19.6 Å². The predicted octanol–water partition coefficient (Wildman–Crippen LogP) is 4.92. The van der Waals surface area contributed by atoms with Crippen LogP contribution >= 0.6 is 0 Å². The summed E-state index contributed by atoms with van der Waals surface area (Å²) in [5.41, 5.74) is 6.87. The smallest absolute Gasteiger partial charge is 0.119 e. The predicted molar refractivity (Wildman–Crippen MR) is 103 cm³/mol. The van der Waals surface area contributed by atoms with Crippen LogP contribution in [0.5, 0.6) is 5.75 Å². The van der Waals surface area contributed by atoms with Crippen LogP contribution in [0.3, 0.4) is 0 Å². The van der Waals surface area contributed by atoms with Gasteiger partial charge in [-0.25, -0.2) is 0 Å². The summed E-state index contributed by atoms with van der Waals surface area (Å²) in [6.07, 6.45) is 1.11. The minimum atomic E-state index is 0.909. The summed E-state index contributed by atoms with van der Waals surface area (Å²) in [5, 5.41) is 0. The van der Waals surface area contributed by atoms with Crippen LogP contribution in [-0.2, 0) is 19.5 Å². The van der Waals surface area contributed by atoms with E-state index < -0.39 is 0 Å². The topological polar surface area (TPSA) is 12.5 Å². The number of rotatable bonds is 4. The van der Waals surface area contributed by atoms with Gasteiger partial charge in [0.15, 0.2) is 0 Å². The molecule has 0 bridgehead atoms. The summed E-state index contributed by atoms with van der Waals surface area (Å²) in [6.45, 7) is 3.12. The van der Waals surface area contributed by atoms with E-state index in [1.54, 1.807) is 7.11 Å². The molecular weight excluding hydrogens is 306 g/mol. The van der Waals surface area contributed by atoms with Crippen molar-refractivity contribution in [2.24, 2.45) is 0 Å². The molecule has 0 aliphatic carbocycles. The fraction of sp³-hybridized carbons (Fsp3) is 0.217. The maximum atomic E-state index is 5.41. The van der Waals surface area contributed by atoms with Crippen LogP contribution in [0.25, 0.3) is 11.1 Å². The first kappa shape index (κ1) is 15.9. The molecule has 1 aliphatic heterocycles. The number of methoxy groups -OCH3 is 1. The second-order valence-corrected chi connectivity index (χ2v) is 6.62. The molecular formula is C23H23NO. The molecule has 3 aromatic carbocycles. The van der Waals surface area contributed by atoms with Crippen LogP contribution in [0.15, 0.2) is 72.8 Å². The lowest BCUT2D eigenvalue weighted by Gasteiger charge is -2.30. The lowest BCUT2D eigenvalue weighted by atomic mass is 9.91. The van der Waals surface area contributed by atoms with Crippen LogP contribution < -0.4 is 4.74 Å². The normalized spacial score (nSPS) is 14.1. The summed E-state index contributed by atoms with van der Waals surface area (Å²) in [4.78, 5) is 2.54. The first-order chi connectivity index (χ1) is 12.3. The van der Waals surface area contributed by atoms with Crippen molar-refractivity contribution in [1.29, 1.82) is 0 Å². The van der Waals surface area contributed by atoms with Gasteiger partial charge in [-0.05, 0) is 46.4 Å². The maximum absolute atomic E-state index is 5.41. The zero-order valence-corrected chi connectivity index (χ0v) is 14.6. The first-order valence-electron chi connectivity index (χ1n) is 8.85. The molecule has 1 heterocycles. The third-order valence-electron chi connectivity index (χ3n) is 4.98. The van der Waals surface area contributed by atoms with Gasteiger partial charge < -0.3 is 4.74 Å². The molecule has 0 saturated carbocycles. The molecule has 4 rings (SSSR count). The van der Waals surface area contributed by atoms with Gasteiger partial charge in [0.1, 0.15) is 5.75 Å². The van der Waals surface area contributed by atoms with Crippen molar-refractivity contribution >= 4 is 0 Å². The SMILES string of the molecule is COc1cccc(-c2cccc3c2CN(Cc2ccccc2)CC3)c1. The Balaban J connectivity index is 1.64. The molecule has 0 aromatic heterocycles.